The van der Waals surface area contributed by atoms with Crippen LogP contribution in [-0.4, -0.2) is 41.8 Å². The van der Waals surface area contributed by atoms with Gasteiger partial charge >= 0.3 is 0 Å². The molecule has 2 saturated heterocycles. The molecule has 4 N–H and O–H groups in total. The highest BCUT2D eigenvalue weighted by Crippen LogP contribution is 2.48. The van der Waals surface area contributed by atoms with Gasteiger partial charge in [-0.15, -0.1) is 0 Å². The number of amides is 1. The fourth-order valence-electron chi connectivity index (χ4n) is 6.07. The first-order chi connectivity index (χ1) is 17.4. The molecule has 3 aromatic rings. The molecule has 2 aromatic carbocycles. The molecule has 6 nitrogen and oxygen atoms in total. The van der Waals surface area contributed by atoms with Gasteiger partial charge in [0.05, 0.1) is 10.5 Å². The number of aromatic nitrogens is 1. The van der Waals surface area contributed by atoms with E-state index in [2.05, 4.69) is 33.5 Å². The molecule has 0 unspecified atom stereocenters. The number of carbonyl (C=O) groups is 1. The van der Waals surface area contributed by atoms with Gasteiger partial charge in [-0.25, -0.2) is 0 Å². The van der Waals surface area contributed by atoms with E-state index < -0.39 is 0 Å². The van der Waals surface area contributed by atoms with Crippen molar-refractivity contribution < 1.29 is 9.53 Å². The maximum absolute atomic E-state index is 12.8. The number of hydrogen-bond acceptors (Lipinski definition) is 4. The molecule has 1 aliphatic carbocycles. The van der Waals surface area contributed by atoms with Crippen LogP contribution in [0.3, 0.4) is 0 Å². The first kappa shape index (κ1) is 23.9. The van der Waals surface area contributed by atoms with Crippen LogP contribution in [0.25, 0.3) is 22.0 Å². The smallest absolute Gasteiger partial charge is 0.223 e. The summed E-state index contributed by atoms with van der Waals surface area (Å²) in [4.78, 5) is 13.2. The van der Waals surface area contributed by atoms with E-state index in [4.69, 9.17) is 34.3 Å². The minimum absolute atomic E-state index is 0.119. The molecule has 3 heterocycles. The molecule has 1 amide bonds. The van der Waals surface area contributed by atoms with E-state index in [-0.39, 0.29) is 11.8 Å². The van der Waals surface area contributed by atoms with E-state index in [0.29, 0.717) is 28.0 Å². The van der Waals surface area contributed by atoms with E-state index in [9.17, 15) is 4.79 Å². The Hall–Kier alpha value is -2.45. The van der Waals surface area contributed by atoms with Gasteiger partial charge in [-0.3, -0.25) is 4.79 Å². The summed E-state index contributed by atoms with van der Waals surface area (Å²) in [5.74, 6) is 0.256. The molecule has 6 rings (SSSR count). The van der Waals surface area contributed by atoms with Gasteiger partial charge in [-0.1, -0.05) is 54.2 Å². The molecule has 1 aromatic heterocycles. The van der Waals surface area contributed by atoms with Crippen molar-refractivity contribution in [1.29, 1.82) is 0 Å². The van der Waals surface area contributed by atoms with Gasteiger partial charge in [0.15, 0.2) is 0 Å². The molecule has 1 saturated carbocycles. The number of nitrogens with one attached hydrogen (secondary N) is 2. The first-order valence-electron chi connectivity index (χ1n) is 12.7. The van der Waals surface area contributed by atoms with Gasteiger partial charge in [0.1, 0.15) is 4.99 Å². The van der Waals surface area contributed by atoms with Gasteiger partial charge in [0.2, 0.25) is 5.91 Å². The quantitative estimate of drug-likeness (QED) is 0.413. The number of fused-ring (bicyclic) bond motifs is 1. The van der Waals surface area contributed by atoms with Gasteiger partial charge in [-0.2, -0.15) is 0 Å². The fourth-order valence-corrected chi connectivity index (χ4v) is 6.53. The monoisotopic (exact) mass is 522 g/mol. The summed E-state index contributed by atoms with van der Waals surface area (Å²) in [6.45, 7) is 4.00. The van der Waals surface area contributed by atoms with Crippen molar-refractivity contribution in [1.82, 2.24) is 15.2 Å². The molecule has 3 fully saturated rings. The van der Waals surface area contributed by atoms with E-state index >= 15 is 0 Å². The van der Waals surface area contributed by atoms with E-state index in [1.54, 1.807) is 0 Å². The van der Waals surface area contributed by atoms with Crippen LogP contribution >= 0.6 is 23.8 Å². The second-order valence-electron chi connectivity index (χ2n) is 10.6. The van der Waals surface area contributed by atoms with Crippen LogP contribution in [0.4, 0.5) is 0 Å². The van der Waals surface area contributed by atoms with Crippen LogP contribution in [-0.2, 0) is 16.1 Å². The summed E-state index contributed by atoms with van der Waals surface area (Å²) in [6.07, 6.45) is 6.05. The molecule has 0 atom stereocenters. The number of ether oxygens (including phenoxy) is 1. The molecule has 1 spiro atoms. The lowest BCUT2D eigenvalue weighted by Gasteiger charge is -2.53. The van der Waals surface area contributed by atoms with Crippen LogP contribution in [0, 0.1) is 11.3 Å². The number of carbonyl (C=O) groups excluding carboxylic acids is 1. The minimum atomic E-state index is 0.119. The van der Waals surface area contributed by atoms with Gasteiger partial charge in [-0.05, 0) is 48.3 Å². The Morgan fingerprint density at radius 2 is 2.00 bits per heavy atom. The molecule has 0 bridgehead atoms. The first-order valence-corrected chi connectivity index (χ1v) is 13.5. The maximum Gasteiger partial charge on any atom is 0.223 e. The van der Waals surface area contributed by atoms with Crippen molar-refractivity contribution in [3.05, 3.63) is 58.7 Å². The number of nitrogens with zero attached hydrogens (tertiary/aromatic N) is 1. The lowest BCUT2D eigenvalue weighted by atomic mass is 9.58. The van der Waals surface area contributed by atoms with Gasteiger partial charge < -0.3 is 25.7 Å². The number of hydrogen-bond donors (Lipinski definition) is 3. The molecule has 0 radical (unpaired) electrons. The van der Waals surface area contributed by atoms with E-state index in [1.807, 2.05) is 24.3 Å². The van der Waals surface area contributed by atoms with Crippen molar-refractivity contribution >= 4 is 45.6 Å². The number of halogens is 1. The normalized spacial score (nSPS) is 19.7. The van der Waals surface area contributed by atoms with Gasteiger partial charge in [0.25, 0.3) is 0 Å². The molecular weight excluding hydrogens is 492 g/mol. The Labute approximate surface area is 221 Å². The average Bonchev–Trinajstić information content (AvgIpc) is 3.23. The third-order valence-corrected chi connectivity index (χ3v) is 8.90. The zero-order valence-electron chi connectivity index (χ0n) is 20.2. The molecule has 3 aliphatic rings. The third kappa shape index (κ3) is 4.22. The zero-order valence-corrected chi connectivity index (χ0v) is 21.8. The molecule has 2 aliphatic heterocycles. The predicted octanol–water partition coefficient (Wildman–Crippen LogP) is 4.56. The average molecular weight is 523 g/mol. The van der Waals surface area contributed by atoms with Crippen LogP contribution in [0.1, 0.15) is 42.9 Å². The largest absolute Gasteiger partial charge is 0.389 e. The highest BCUT2D eigenvalue weighted by atomic mass is 35.5. The Kier molecular flexibility index (Phi) is 6.28. The SMILES string of the molecule is NC(=S)c1cccc(-c2cn(C3CCOCC3)c3c(Cl)c(CNC(=O)C4CC5(CNC5)C4)ccc23)c1. The summed E-state index contributed by atoms with van der Waals surface area (Å²) in [5, 5.41) is 8.26. The highest BCUT2D eigenvalue weighted by Gasteiger charge is 2.50. The Balaban J connectivity index is 1.32. The van der Waals surface area contributed by atoms with Crippen LogP contribution in [0.2, 0.25) is 5.02 Å². The van der Waals surface area contributed by atoms with Crippen LogP contribution in [0.5, 0.6) is 0 Å². The highest BCUT2D eigenvalue weighted by molar-refractivity contribution is 7.80. The molecule has 188 valence electrons. The number of benzene rings is 2. The summed E-state index contributed by atoms with van der Waals surface area (Å²) in [6, 6.07) is 12.5. The van der Waals surface area contributed by atoms with Crippen molar-refractivity contribution in [2.45, 2.75) is 38.3 Å². The van der Waals surface area contributed by atoms with Crippen molar-refractivity contribution in [3.63, 3.8) is 0 Å². The number of thiocarbonyl (C=S) groups is 1. The molecule has 8 heteroatoms. The standard InChI is InChI=1S/C28H31ClN4O2S/c29-24-19(13-32-27(34)20-11-28(12-20)15-31-16-28)4-5-22-23(17-2-1-3-18(10-17)26(30)36)14-33(25(22)24)21-6-8-35-9-7-21/h1-5,10,14,20-21,31H,6-9,11-13,15-16H2,(H2,30,36)(H,32,34). The topological polar surface area (TPSA) is 81.3 Å². The Morgan fingerprint density at radius 1 is 1.22 bits per heavy atom. The second kappa shape index (κ2) is 9.45. The Morgan fingerprint density at radius 3 is 2.69 bits per heavy atom. The van der Waals surface area contributed by atoms with E-state index in [0.717, 1.165) is 85.1 Å². The zero-order chi connectivity index (χ0) is 24.9. The fraction of sp³-hybridized carbons (Fsp3) is 0.429. The summed E-state index contributed by atoms with van der Waals surface area (Å²) in [5.41, 5.74) is 11.2. The van der Waals surface area contributed by atoms with Crippen LogP contribution in [0.15, 0.2) is 42.6 Å². The van der Waals surface area contributed by atoms with Crippen molar-refractivity contribution in [2.24, 2.45) is 17.1 Å². The third-order valence-electron chi connectivity index (χ3n) is 8.24. The Bertz CT molecular complexity index is 1330. The predicted molar refractivity (Wildman–Crippen MR) is 147 cm³/mol. The minimum Gasteiger partial charge on any atom is -0.389 e. The lowest BCUT2D eigenvalue weighted by Crippen LogP contribution is -2.62. The van der Waals surface area contributed by atoms with E-state index in [1.165, 1.54) is 0 Å². The summed E-state index contributed by atoms with van der Waals surface area (Å²) >= 11 is 12.3. The van der Waals surface area contributed by atoms with Crippen molar-refractivity contribution in [2.75, 3.05) is 26.3 Å². The van der Waals surface area contributed by atoms with Gasteiger partial charge in [0, 0.05) is 67.5 Å². The second-order valence-corrected chi connectivity index (χ2v) is 11.4. The maximum atomic E-state index is 12.8. The summed E-state index contributed by atoms with van der Waals surface area (Å²) in [7, 11) is 0. The number of nitrogens with two attached hydrogens (primary N) is 1. The van der Waals surface area contributed by atoms with Crippen LogP contribution < -0.4 is 16.4 Å². The van der Waals surface area contributed by atoms with Crippen molar-refractivity contribution in [3.8, 4) is 11.1 Å². The lowest BCUT2D eigenvalue weighted by molar-refractivity contribution is -0.135. The molecule has 36 heavy (non-hydrogen) atoms. The number of rotatable bonds is 6. The molecular formula is C28H31ClN4O2S. The summed E-state index contributed by atoms with van der Waals surface area (Å²) < 4.78 is 7.94.